The molecule has 0 saturated carbocycles. The van der Waals surface area contributed by atoms with Gasteiger partial charge in [0.2, 0.25) is 10.0 Å². The van der Waals surface area contributed by atoms with Gasteiger partial charge >= 0.3 is 0 Å². The monoisotopic (exact) mass is 462 g/mol. The van der Waals surface area contributed by atoms with Crippen LogP contribution in [0.15, 0.2) is 70.0 Å². The van der Waals surface area contributed by atoms with Gasteiger partial charge in [0.1, 0.15) is 5.75 Å². The number of sulfonamides is 1. The van der Waals surface area contributed by atoms with Crippen molar-refractivity contribution in [3.05, 3.63) is 65.1 Å². The van der Waals surface area contributed by atoms with Gasteiger partial charge in [0.15, 0.2) is 6.61 Å². The molecule has 3 aromatic rings. The van der Waals surface area contributed by atoms with E-state index in [1.54, 1.807) is 12.1 Å². The van der Waals surface area contributed by atoms with Crippen molar-refractivity contribution in [3.8, 4) is 5.75 Å². The number of carbonyl (C=O) groups excluding carboxylic acids is 1. The van der Waals surface area contributed by atoms with E-state index in [0.29, 0.717) is 11.4 Å². The Hall–Kier alpha value is -2.42. The van der Waals surface area contributed by atoms with Gasteiger partial charge in [0, 0.05) is 24.3 Å². The molecule has 28 heavy (non-hydrogen) atoms. The van der Waals surface area contributed by atoms with E-state index < -0.39 is 10.0 Å². The molecular formula is C20H19BrN2O4S. The number of hydrogen-bond acceptors (Lipinski definition) is 4. The summed E-state index contributed by atoms with van der Waals surface area (Å²) in [6, 6.07) is 17.5. The Morgan fingerprint density at radius 3 is 2.32 bits per heavy atom. The van der Waals surface area contributed by atoms with Crippen LogP contribution in [0.4, 0.5) is 5.69 Å². The van der Waals surface area contributed by atoms with Crippen molar-refractivity contribution in [2.75, 3.05) is 26.0 Å². The average molecular weight is 463 g/mol. The number of ether oxygens (including phenoxy) is 1. The number of nitrogens with one attached hydrogen (secondary N) is 1. The summed E-state index contributed by atoms with van der Waals surface area (Å²) in [5, 5.41) is 4.77. The SMILES string of the molecule is CN(C)S(=O)(=O)c1ccc(NC(=O)COc2ccc3cc(Br)ccc3c2)cc1. The minimum atomic E-state index is -3.50. The first-order valence-corrected chi connectivity index (χ1v) is 10.6. The maximum Gasteiger partial charge on any atom is 0.262 e. The van der Waals surface area contributed by atoms with E-state index in [0.717, 1.165) is 19.6 Å². The fourth-order valence-electron chi connectivity index (χ4n) is 2.55. The summed E-state index contributed by atoms with van der Waals surface area (Å²) in [6.45, 7) is -0.153. The topological polar surface area (TPSA) is 75.7 Å². The normalized spacial score (nSPS) is 11.6. The lowest BCUT2D eigenvalue weighted by molar-refractivity contribution is -0.118. The van der Waals surface area contributed by atoms with E-state index in [2.05, 4.69) is 21.2 Å². The summed E-state index contributed by atoms with van der Waals surface area (Å²) in [5.74, 6) is 0.261. The van der Waals surface area contributed by atoms with Crippen LogP contribution in [0.25, 0.3) is 10.8 Å². The molecule has 8 heteroatoms. The highest BCUT2D eigenvalue weighted by Gasteiger charge is 2.16. The van der Waals surface area contributed by atoms with Crippen LogP contribution in [0.3, 0.4) is 0 Å². The smallest absolute Gasteiger partial charge is 0.262 e. The number of nitrogens with zero attached hydrogens (tertiary/aromatic N) is 1. The number of benzene rings is 3. The lowest BCUT2D eigenvalue weighted by Gasteiger charge is -2.12. The van der Waals surface area contributed by atoms with Crippen LogP contribution in [0, 0.1) is 0 Å². The molecule has 3 rings (SSSR count). The van der Waals surface area contributed by atoms with Crippen LogP contribution in [-0.4, -0.2) is 39.3 Å². The highest BCUT2D eigenvalue weighted by atomic mass is 79.9. The Balaban J connectivity index is 1.61. The molecule has 1 amide bonds. The Morgan fingerprint density at radius 1 is 1.00 bits per heavy atom. The molecule has 0 bridgehead atoms. The number of anilines is 1. The predicted octanol–water partition coefficient (Wildman–Crippen LogP) is 3.87. The molecule has 0 spiro atoms. The van der Waals surface area contributed by atoms with Crippen molar-refractivity contribution in [2.24, 2.45) is 0 Å². The molecule has 146 valence electrons. The summed E-state index contributed by atoms with van der Waals surface area (Å²) in [6.07, 6.45) is 0. The molecule has 1 N–H and O–H groups in total. The summed E-state index contributed by atoms with van der Waals surface area (Å²) in [5.41, 5.74) is 0.495. The zero-order valence-corrected chi connectivity index (χ0v) is 17.7. The summed E-state index contributed by atoms with van der Waals surface area (Å²) >= 11 is 3.43. The van der Waals surface area contributed by atoms with Crippen LogP contribution in [0.2, 0.25) is 0 Å². The molecule has 0 radical (unpaired) electrons. The van der Waals surface area contributed by atoms with Crippen LogP contribution in [0.5, 0.6) is 5.75 Å². The Kier molecular flexibility index (Phi) is 6.02. The van der Waals surface area contributed by atoms with Crippen molar-refractivity contribution in [3.63, 3.8) is 0 Å². The summed E-state index contributed by atoms with van der Waals surface area (Å²) in [7, 11) is -0.564. The first kappa shape index (κ1) is 20.3. The third-order valence-electron chi connectivity index (χ3n) is 4.06. The Bertz CT molecular complexity index is 1110. The number of amides is 1. The molecule has 0 aliphatic carbocycles. The number of rotatable bonds is 6. The third kappa shape index (κ3) is 4.70. The minimum Gasteiger partial charge on any atom is -0.484 e. The number of carbonyl (C=O) groups is 1. The van der Waals surface area contributed by atoms with Crippen molar-refractivity contribution < 1.29 is 17.9 Å². The second-order valence-electron chi connectivity index (χ2n) is 6.30. The van der Waals surface area contributed by atoms with Crippen LogP contribution in [-0.2, 0) is 14.8 Å². The van der Waals surface area contributed by atoms with Gasteiger partial charge in [-0.2, -0.15) is 0 Å². The molecule has 0 fully saturated rings. The molecule has 0 aromatic heterocycles. The number of fused-ring (bicyclic) bond motifs is 1. The van der Waals surface area contributed by atoms with Crippen molar-refractivity contribution in [2.45, 2.75) is 4.90 Å². The Labute approximate surface area is 172 Å². The van der Waals surface area contributed by atoms with Crippen LogP contribution in [0.1, 0.15) is 0 Å². The molecule has 0 atom stereocenters. The van der Waals surface area contributed by atoms with Gasteiger partial charge in [-0.1, -0.05) is 28.1 Å². The van der Waals surface area contributed by atoms with Crippen LogP contribution < -0.4 is 10.1 Å². The fraction of sp³-hybridized carbons (Fsp3) is 0.150. The molecule has 0 unspecified atom stereocenters. The van der Waals surface area contributed by atoms with E-state index in [9.17, 15) is 13.2 Å². The van der Waals surface area contributed by atoms with E-state index >= 15 is 0 Å². The van der Waals surface area contributed by atoms with Gasteiger partial charge in [0.25, 0.3) is 5.91 Å². The van der Waals surface area contributed by atoms with E-state index in [-0.39, 0.29) is 17.4 Å². The average Bonchev–Trinajstić information content (AvgIpc) is 2.66. The molecule has 0 heterocycles. The first-order valence-electron chi connectivity index (χ1n) is 8.40. The maximum atomic E-state index is 12.1. The molecule has 6 nitrogen and oxygen atoms in total. The van der Waals surface area contributed by atoms with E-state index in [4.69, 9.17) is 4.74 Å². The maximum absolute atomic E-state index is 12.1. The third-order valence-corrected chi connectivity index (χ3v) is 6.38. The molecule has 0 aliphatic heterocycles. The highest BCUT2D eigenvalue weighted by Crippen LogP contribution is 2.24. The van der Waals surface area contributed by atoms with Gasteiger partial charge in [-0.25, -0.2) is 12.7 Å². The molecule has 0 saturated heterocycles. The fourth-order valence-corrected chi connectivity index (χ4v) is 3.83. The number of hydrogen-bond donors (Lipinski definition) is 1. The van der Waals surface area contributed by atoms with Crippen molar-refractivity contribution >= 4 is 48.3 Å². The van der Waals surface area contributed by atoms with E-state index in [1.165, 1.54) is 26.2 Å². The van der Waals surface area contributed by atoms with E-state index in [1.807, 2.05) is 36.4 Å². The standard InChI is InChI=1S/C20H19BrN2O4S/c1-23(2)28(25,26)19-9-6-17(7-10-19)22-20(24)13-27-18-8-4-14-11-16(21)5-3-15(14)12-18/h3-12H,13H2,1-2H3,(H,22,24). The van der Waals surface area contributed by atoms with Gasteiger partial charge in [-0.05, 0) is 59.3 Å². The number of halogens is 1. The second-order valence-corrected chi connectivity index (χ2v) is 9.37. The highest BCUT2D eigenvalue weighted by molar-refractivity contribution is 9.10. The minimum absolute atomic E-state index is 0.153. The zero-order chi connectivity index (χ0) is 20.3. The quantitative estimate of drug-likeness (QED) is 0.603. The first-order chi connectivity index (χ1) is 13.3. The molecule has 0 aliphatic rings. The summed E-state index contributed by atoms with van der Waals surface area (Å²) in [4.78, 5) is 12.3. The van der Waals surface area contributed by atoms with Gasteiger partial charge < -0.3 is 10.1 Å². The predicted molar refractivity (Wildman–Crippen MR) is 113 cm³/mol. The van der Waals surface area contributed by atoms with Gasteiger partial charge in [-0.3, -0.25) is 4.79 Å². The van der Waals surface area contributed by atoms with Gasteiger partial charge in [-0.15, -0.1) is 0 Å². The molecule has 3 aromatic carbocycles. The molecular weight excluding hydrogens is 444 g/mol. The summed E-state index contributed by atoms with van der Waals surface area (Å²) < 4.78 is 31.8. The van der Waals surface area contributed by atoms with Crippen LogP contribution >= 0.6 is 15.9 Å². The largest absolute Gasteiger partial charge is 0.484 e. The second kappa shape index (κ2) is 8.30. The van der Waals surface area contributed by atoms with Gasteiger partial charge in [0.05, 0.1) is 4.90 Å². The van der Waals surface area contributed by atoms with Crippen molar-refractivity contribution in [1.82, 2.24) is 4.31 Å². The van der Waals surface area contributed by atoms with Crippen molar-refractivity contribution in [1.29, 1.82) is 0 Å². The lowest BCUT2D eigenvalue weighted by Crippen LogP contribution is -2.22. The Morgan fingerprint density at radius 2 is 1.64 bits per heavy atom. The zero-order valence-electron chi connectivity index (χ0n) is 15.3. The lowest BCUT2D eigenvalue weighted by atomic mass is 10.1.